The van der Waals surface area contributed by atoms with Crippen molar-refractivity contribution in [3.63, 3.8) is 0 Å². The van der Waals surface area contributed by atoms with Gasteiger partial charge in [0.2, 0.25) is 0 Å². The maximum absolute atomic E-state index is 13.8. The second-order valence-electron chi connectivity index (χ2n) is 4.31. The lowest BCUT2D eigenvalue weighted by Crippen LogP contribution is -2.31. The predicted octanol–water partition coefficient (Wildman–Crippen LogP) is 3.03. The number of anilines is 1. The molecule has 0 bridgehead atoms. The van der Waals surface area contributed by atoms with Crippen molar-refractivity contribution < 1.29 is 13.9 Å². The van der Waals surface area contributed by atoms with Gasteiger partial charge in [0, 0.05) is 13.1 Å². The molecule has 1 atom stereocenters. The van der Waals surface area contributed by atoms with Gasteiger partial charge in [-0.2, -0.15) is 11.8 Å². The standard InChI is InChI=1S/C13H19F2NOS/c1-9(4-5-18-3)16(2)13-11(14)6-10(8-17)7-12(13)15/h6-7,9,17H,4-5,8H2,1-3H3. The van der Waals surface area contributed by atoms with Crippen LogP contribution in [0, 0.1) is 11.6 Å². The van der Waals surface area contributed by atoms with Gasteiger partial charge in [-0.15, -0.1) is 0 Å². The highest BCUT2D eigenvalue weighted by Gasteiger charge is 2.19. The smallest absolute Gasteiger partial charge is 0.149 e. The van der Waals surface area contributed by atoms with Gasteiger partial charge >= 0.3 is 0 Å². The van der Waals surface area contributed by atoms with E-state index in [9.17, 15) is 8.78 Å². The number of aliphatic hydroxyl groups is 1. The zero-order valence-corrected chi connectivity index (χ0v) is 11.7. The SMILES string of the molecule is CSCCC(C)N(C)c1c(F)cc(CO)cc1F. The molecule has 1 rings (SSSR count). The minimum Gasteiger partial charge on any atom is -0.392 e. The van der Waals surface area contributed by atoms with Crippen LogP contribution in [0.3, 0.4) is 0 Å². The van der Waals surface area contributed by atoms with E-state index in [4.69, 9.17) is 5.11 Å². The topological polar surface area (TPSA) is 23.5 Å². The molecule has 0 saturated carbocycles. The minimum atomic E-state index is -0.627. The number of aliphatic hydroxyl groups excluding tert-OH is 1. The molecule has 1 aromatic rings. The van der Waals surface area contributed by atoms with Crippen LogP contribution in [-0.2, 0) is 6.61 Å². The van der Waals surface area contributed by atoms with Crippen molar-refractivity contribution in [2.45, 2.75) is 26.0 Å². The largest absolute Gasteiger partial charge is 0.392 e. The van der Waals surface area contributed by atoms with Crippen LogP contribution in [0.25, 0.3) is 0 Å². The van der Waals surface area contributed by atoms with Crippen molar-refractivity contribution in [3.05, 3.63) is 29.3 Å². The molecule has 0 aliphatic carbocycles. The van der Waals surface area contributed by atoms with Crippen LogP contribution in [0.5, 0.6) is 0 Å². The Labute approximate surface area is 111 Å². The molecule has 1 aromatic carbocycles. The van der Waals surface area contributed by atoms with E-state index in [0.29, 0.717) is 0 Å². The second-order valence-corrected chi connectivity index (χ2v) is 5.29. The van der Waals surface area contributed by atoms with E-state index < -0.39 is 11.6 Å². The zero-order valence-electron chi connectivity index (χ0n) is 10.9. The van der Waals surface area contributed by atoms with Crippen LogP contribution in [0.15, 0.2) is 12.1 Å². The highest BCUT2D eigenvalue weighted by atomic mass is 32.2. The maximum atomic E-state index is 13.8. The lowest BCUT2D eigenvalue weighted by Gasteiger charge is -2.27. The van der Waals surface area contributed by atoms with Gasteiger partial charge in [0.05, 0.1) is 6.61 Å². The van der Waals surface area contributed by atoms with Gasteiger partial charge in [-0.3, -0.25) is 0 Å². The summed E-state index contributed by atoms with van der Waals surface area (Å²) in [7, 11) is 1.69. The molecule has 102 valence electrons. The molecule has 0 aliphatic rings. The summed E-state index contributed by atoms with van der Waals surface area (Å²) in [5, 5.41) is 8.89. The van der Waals surface area contributed by atoms with Gasteiger partial charge in [-0.25, -0.2) is 8.78 Å². The molecule has 1 unspecified atom stereocenters. The molecule has 0 radical (unpaired) electrons. The number of rotatable bonds is 6. The molecule has 0 amide bonds. The van der Waals surface area contributed by atoms with E-state index in [-0.39, 0.29) is 23.9 Å². The molecule has 2 nitrogen and oxygen atoms in total. The van der Waals surface area contributed by atoms with E-state index in [1.807, 2.05) is 13.2 Å². The van der Waals surface area contributed by atoms with Gasteiger partial charge < -0.3 is 10.0 Å². The normalized spacial score (nSPS) is 12.6. The Morgan fingerprint density at radius 1 is 1.33 bits per heavy atom. The first kappa shape index (κ1) is 15.2. The van der Waals surface area contributed by atoms with Crippen LogP contribution in [0.2, 0.25) is 0 Å². The molecular weight excluding hydrogens is 256 g/mol. The van der Waals surface area contributed by atoms with E-state index in [1.165, 1.54) is 12.1 Å². The summed E-state index contributed by atoms with van der Waals surface area (Å²) in [4.78, 5) is 1.61. The van der Waals surface area contributed by atoms with Crippen LogP contribution in [0.1, 0.15) is 18.9 Å². The summed E-state index contributed by atoms with van der Waals surface area (Å²) in [5.41, 5.74) is 0.222. The first-order valence-electron chi connectivity index (χ1n) is 5.81. The lowest BCUT2D eigenvalue weighted by atomic mass is 10.1. The summed E-state index contributed by atoms with van der Waals surface area (Å²) in [6.07, 6.45) is 2.86. The first-order chi connectivity index (χ1) is 8.51. The Kier molecular flexibility index (Phi) is 5.88. The Morgan fingerprint density at radius 3 is 2.33 bits per heavy atom. The fourth-order valence-electron chi connectivity index (χ4n) is 1.75. The van der Waals surface area contributed by atoms with E-state index in [0.717, 1.165) is 12.2 Å². The van der Waals surface area contributed by atoms with Crippen LogP contribution in [0.4, 0.5) is 14.5 Å². The van der Waals surface area contributed by atoms with E-state index in [1.54, 1.807) is 23.7 Å². The number of thioether (sulfide) groups is 1. The summed E-state index contributed by atoms with van der Waals surface area (Å²) in [6, 6.07) is 2.41. The van der Waals surface area contributed by atoms with Crippen molar-refractivity contribution >= 4 is 17.4 Å². The summed E-state index contributed by atoms with van der Waals surface area (Å²) < 4.78 is 27.7. The van der Waals surface area contributed by atoms with Gasteiger partial charge in [0.1, 0.15) is 17.3 Å². The van der Waals surface area contributed by atoms with Gasteiger partial charge in [-0.05, 0) is 43.0 Å². The van der Waals surface area contributed by atoms with Crippen molar-refractivity contribution in [1.29, 1.82) is 0 Å². The molecule has 0 saturated heterocycles. The average Bonchev–Trinajstić information content (AvgIpc) is 2.34. The van der Waals surface area contributed by atoms with Crippen molar-refractivity contribution in [2.24, 2.45) is 0 Å². The predicted molar refractivity (Wildman–Crippen MR) is 73.1 cm³/mol. The van der Waals surface area contributed by atoms with Crippen molar-refractivity contribution in [2.75, 3.05) is 24.0 Å². The zero-order chi connectivity index (χ0) is 13.7. The van der Waals surface area contributed by atoms with Crippen molar-refractivity contribution in [3.8, 4) is 0 Å². The Balaban J connectivity index is 2.94. The number of nitrogens with zero attached hydrogens (tertiary/aromatic N) is 1. The molecular formula is C13H19F2NOS. The first-order valence-corrected chi connectivity index (χ1v) is 7.21. The lowest BCUT2D eigenvalue weighted by molar-refractivity contribution is 0.280. The molecule has 5 heteroatoms. The Hall–Kier alpha value is -0.810. The fourth-order valence-corrected chi connectivity index (χ4v) is 2.33. The number of hydrogen-bond acceptors (Lipinski definition) is 3. The maximum Gasteiger partial charge on any atom is 0.149 e. The van der Waals surface area contributed by atoms with Gasteiger partial charge in [0.15, 0.2) is 0 Å². The molecule has 0 heterocycles. The molecule has 0 fully saturated rings. The Bertz CT molecular complexity index is 378. The van der Waals surface area contributed by atoms with Crippen LogP contribution >= 0.6 is 11.8 Å². The number of benzene rings is 1. The summed E-state index contributed by atoms with van der Waals surface area (Å²) in [6.45, 7) is 1.58. The molecule has 1 N–H and O–H groups in total. The highest BCUT2D eigenvalue weighted by molar-refractivity contribution is 7.98. The Morgan fingerprint density at radius 2 is 1.89 bits per heavy atom. The third kappa shape index (κ3) is 3.59. The van der Waals surface area contributed by atoms with Gasteiger partial charge in [0.25, 0.3) is 0 Å². The monoisotopic (exact) mass is 275 g/mol. The molecule has 0 spiro atoms. The van der Waals surface area contributed by atoms with E-state index in [2.05, 4.69) is 0 Å². The number of halogens is 2. The summed E-state index contributed by atoms with van der Waals surface area (Å²) >= 11 is 1.71. The second kappa shape index (κ2) is 6.95. The number of hydrogen-bond donors (Lipinski definition) is 1. The van der Waals surface area contributed by atoms with Crippen LogP contribution < -0.4 is 4.90 Å². The molecule has 0 aromatic heterocycles. The molecule has 0 aliphatic heterocycles. The summed E-state index contributed by atoms with van der Waals surface area (Å²) in [5.74, 6) is -0.307. The average molecular weight is 275 g/mol. The van der Waals surface area contributed by atoms with Gasteiger partial charge in [-0.1, -0.05) is 0 Å². The highest BCUT2D eigenvalue weighted by Crippen LogP contribution is 2.26. The third-order valence-electron chi connectivity index (χ3n) is 3.01. The van der Waals surface area contributed by atoms with Crippen molar-refractivity contribution in [1.82, 2.24) is 0 Å². The minimum absolute atomic E-state index is 0.0270. The fraction of sp³-hybridized carbons (Fsp3) is 0.538. The van der Waals surface area contributed by atoms with E-state index >= 15 is 0 Å². The third-order valence-corrected chi connectivity index (χ3v) is 3.66. The quantitative estimate of drug-likeness (QED) is 0.863. The van der Waals surface area contributed by atoms with Crippen LogP contribution in [-0.4, -0.2) is 30.2 Å². The molecule has 18 heavy (non-hydrogen) atoms.